The summed E-state index contributed by atoms with van der Waals surface area (Å²) in [7, 11) is -1.43. The second-order valence-corrected chi connectivity index (χ2v) is 12.8. The maximum atomic E-state index is 6.01. The number of hydrogen-bond donors (Lipinski definition) is 0. The summed E-state index contributed by atoms with van der Waals surface area (Å²) in [5.41, 5.74) is 1.96. The zero-order valence-corrected chi connectivity index (χ0v) is 13.8. The van der Waals surface area contributed by atoms with E-state index in [2.05, 4.69) is 70.3 Å². The van der Waals surface area contributed by atoms with Gasteiger partial charge in [-0.3, -0.25) is 0 Å². The average molecular weight is 274 g/mol. The molecule has 0 bridgehead atoms. The Balaban J connectivity index is 2.35. The highest BCUT2D eigenvalue weighted by Gasteiger charge is 2.46. The van der Waals surface area contributed by atoms with Crippen LogP contribution >= 0.6 is 0 Å². The first kappa shape index (κ1) is 14.4. The zero-order valence-electron chi connectivity index (χ0n) is 12.8. The Bertz CT molecular complexity index is 442. The minimum Gasteiger partial charge on any atom is -0.494 e. The molecule has 1 aromatic carbocycles. The highest BCUT2D eigenvalue weighted by molar-refractivity contribution is 6.81. The number of hydrogen-bond acceptors (Lipinski definition) is 1. The number of ether oxygens (including phenoxy) is 1. The first-order chi connectivity index (χ1) is 8.84. The fourth-order valence-corrected chi connectivity index (χ4v) is 5.61. The standard InChI is InChI=1S/C17H26OSi/c1-17(2,3)19(4,5)15-12-9-13-18-16(15)14-10-7-6-8-11-14/h6-11,13,15-16H,12H2,1-5H3/t15-,16-/m1/s1. The molecule has 0 spiro atoms. The van der Waals surface area contributed by atoms with Crippen LogP contribution in [0.2, 0.25) is 23.7 Å². The molecule has 1 aromatic rings. The van der Waals surface area contributed by atoms with E-state index in [-0.39, 0.29) is 6.10 Å². The fraction of sp³-hybridized carbons (Fsp3) is 0.529. The molecule has 2 rings (SSSR count). The van der Waals surface area contributed by atoms with E-state index in [1.165, 1.54) is 5.56 Å². The van der Waals surface area contributed by atoms with Crippen molar-refractivity contribution in [3.63, 3.8) is 0 Å². The first-order valence-corrected chi connectivity index (χ1v) is 10.3. The number of allylic oxidation sites excluding steroid dienone is 1. The number of rotatable bonds is 2. The molecule has 1 nitrogen and oxygen atoms in total. The Labute approximate surface area is 118 Å². The molecule has 0 aliphatic carbocycles. The molecule has 1 aliphatic rings. The lowest BCUT2D eigenvalue weighted by atomic mass is 10.0. The Kier molecular flexibility index (Phi) is 3.91. The average Bonchev–Trinajstić information content (AvgIpc) is 2.38. The minimum absolute atomic E-state index is 0.229. The van der Waals surface area contributed by atoms with Crippen LogP contribution in [0.1, 0.15) is 38.9 Å². The van der Waals surface area contributed by atoms with E-state index in [0.717, 1.165) is 6.42 Å². The van der Waals surface area contributed by atoms with Crippen molar-refractivity contribution in [1.29, 1.82) is 0 Å². The van der Waals surface area contributed by atoms with E-state index in [1.54, 1.807) is 0 Å². The van der Waals surface area contributed by atoms with Crippen molar-refractivity contribution in [2.75, 3.05) is 0 Å². The van der Waals surface area contributed by atoms with Crippen LogP contribution in [0.5, 0.6) is 0 Å². The van der Waals surface area contributed by atoms with Crippen LogP contribution in [-0.2, 0) is 4.74 Å². The van der Waals surface area contributed by atoms with Crippen LogP contribution in [0.15, 0.2) is 42.7 Å². The summed E-state index contributed by atoms with van der Waals surface area (Å²) >= 11 is 0. The van der Waals surface area contributed by atoms with Crippen molar-refractivity contribution >= 4 is 8.07 Å². The summed E-state index contributed by atoms with van der Waals surface area (Å²) < 4.78 is 6.01. The third-order valence-electron chi connectivity index (χ3n) is 5.06. The molecule has 2 heteroatoms. The van der Waals surface area contributed by atoms with Crippen LogP contribution in [0.3, 0.4) is 0 Å². The monoisotopic (exact) mass is 274 g/mol. The third-order valence-corrected chi connectivity index (χ3v) is 11.3. The van der Waals surface area contributed by atoms with Crippen molar-refractivity contribution < 1.29 is 4.74 Å². The van der Waals surface area contributed by atoms with E-state index in [0.29, 0.717) is 10.6 Å². The Morgan fingerprint density at radius 3 is 2.32 bits per heavy atom. The van der Waals surface area contributed by atoms with Crippen LogP contribution in [0, 0.1) is 0 Å². The smallest absolute Gasteiger partial charge is 0.124 e. The van der Waals surface area contributed by atoms with Crippen molar-refractivity contribution in [1.82, 2.24) is 0 Å². The fourth-order valence-electron chi connectivity index (χ4n) is 2.74. The van der Waals surface area contributed by atoms with E-state index < -0.39 is 8.07 Å². The van der Waals surface area contributed by atoms with Crippen molar-refractivity contribution in [3.8, 4) is 0 Å². The van der Waals surface area contributed by atoms with Crippen molar-refractivity contribution in [3.05, 3.63) is 48.2 Å². The zero-order chi connectivity index (χ0) is 14.1. The summed E-state index contributed by atoms with van der Waals surface area (Å²) in [6, 6.07) is 10.7. The van der Waals surface area contributed by atoms with Gasteiger partial charge in [-0.15, -0.1) is 0 Å². The molecule has 2 atom stereocenters. The van der Waals surface area contributed by atoms with E-state index in [4.69, 9.17) is 4.74 Å². The van der Waals surface area contributed by atoms with Crippen molar-refractivity contribution in [2.45, 2.75) is 57.0 Å². The molecule has 0 fully saturated rings. The van der Waals surface area contributed by atoms with E-state index >= 15 is 0 Å². The lowest BCUT2D eigenvalue weighted by Crippen LogP contribution is -2.45. The van der Waals surface area contributed by atoms with Crippen LogP contribution in [0.25, 0.3) is 0 Å². The van der Waals surface area contributed by atoms with Crippen LogP contribution in [0.4, 0.5) is 0 Å². The molecule has 104 valence electrons. The lowest BCUT2D eigenvalue weighted by Gasteiger charge is -2.47. The molecular weight excluding hydrogens is 248 g/mol. The molecule has 0 saturated carbocycles. The van der Waals surface area contributed by atoms with Gasteiger partial charge in [-0.05, 0) is 28.6 Å². The SMILES string of the molecule is CC(C)(C)[Si](C)(C)[C@@H]1CC=CO[C@@H]1c1ccccc1. The maximum absolute atomic E-state index is 6.01. The third kappa shape index (κ3) is 2.79. The number of benzene rings is 1. The lowest BCUT2D eigenvalue weighted by molar-refractivity contribution is 0.121. The van der Waals surface area contributed by atoms with Crippen molar-refractivity contribution in [2.24, 2.45) is 0 Å². The predicted octanol–water partition coefficient (Wildman–Crippen LogP) is 5.54. The van der Waals surface area contributed by atoms with Gasteiger partial charge in [0.15, 0.2) is 0 Å². The molecule has 0 N–H and O–H groups in total. The summed E-state index contributed by atoms with van der Waals surface area (Å²) in [6.07, 6.45) is 5.47. The second kappa shape index (κ2) is 5.16. The summed E-state index contributed by atoms with van der Waals surface area (Å²) in [6.45, 7) is 12.2. The van der Waals surface area contributed by atoms with Gasteiger partial charge in [0.2, 0.25) is 0 Å². The highest BCUT2D eigenvalue weighted by atomic mass is 28.3. The molecule has 1 aliphatic heterocycles. The topological polar surface area (TPSA) is 9.23 Å². The van der Waals surface area contributed by atoms with Gasteiger partial charge in [-0.2, -0.15) is 0 Å². The Morgan fingerprint density at radius 2 is 1.74 bits per heavy atom. The molecule has 0 radical (unpaired) electrons. The largest absolute Gasteiger partial charge is 0.494 e. The van der Waals surface area contributed by atoms with Gasteiger partial charge >= 0.3 is 0 Å². The molecule has 0 unspecified atom stereocenters. The van der Waals surface area contributed by atoms with Crippen LogP contribution in [-0.4, -0.2) is 8.07 Å². The Hall–Kier alpha value is -1.02. The second-order valence-electron chi connectivity index (χ2n) is 7.15. The van der Waals surface area contributed by atoms with Gasteiger partial charge in [-0.25, -0.2) is 0 Å². The summed E-state index contributed by atoms with van der Waals surface area (Å²) in [5.74, 6) is 0. The molecule has 0 aromatic heterocycles. The molecule has 1 heterocycles. The molecule has 0 saturated heterocycles. The normalized spacial score (nSPS) is 24.1. The maximum Gasteiger partial charge on any atom is 0.124 e. The predicted molar refractivity (Wildman–Crippen MR) is 85.0 cm³/mol. The van der Waals surface area contributed by atoms with E-state index in [1.807, 2.05) is 6.26 Å². The molecule has 0 amide bonds. The summed E-state index contributed by atoms with van der Waals surface area (Å²) in [5, 5.41) is 0.388. The van der Waals surface area contributed by atoms with Gasteiger partial charge in [-0.1, -0.05) is 64.2 Å². The van der Waals surface area contributed by atoms with Gasteiger partial charge in [0, 0.05) is 0 Å². The highest BCUT2D eigenvalue weighted by Crippen LogP contribution is 2.52. The Morgan fingerprint density at radius 1 is 1.11 bits per heavy atom. The quantitative estimate of drug-likeness (QED) is 0.643. The van der Waals surface area contributed by atoms with Gasteiger partial charge in [0.05, 0.1) is 14.3 Å². The minimum atomic E-state index is -1.43. The molecular formula is C17H26OSi. The van der Waals surface area contributed by atoms with Gasteiger partial charge in [0.25, 0.3) is 0 Å². The molecule has 19 heavy (non-hydrogen) atoms. The summed E-state index contributed by atoms with van der Waals surface area (Å²) in [4.78, 5) is 0. The van der Waals surface area contributed by atoms with Gasteiger partial charge in [0.1, 0.15) is 6.10 Å². The van der Waals surface area contributed by atoms with E-state index in [9.17, 15) is 0 Å². The first-order valence-electron chi connectivity index (χ1n) is 7.19. The van der Waals surface area contributed by atoms with Crippen LogP contribution < -0.4 is 0 Å². The van der Waals surface area contributed by atoms with Gasteiger partial charge < -0.3 is 4.74 Å².